The molecular weight excluding hydrogens is 699 g/mol. The van der Waals surface area contributed by atoms with E-state index in [-0.39, 0.29) is 11.3 Å². The lowest BCUT2D eigenvalue weighted by atomic mass is 9.48. The minimum Gasteiger partial charge on any atom is -0.248 e. The van der Waals surface area contributed by atoms with Crippen LogP contribution in [0.1, 0.15) is 36.1 Å². The SMILES string of the molecule is CC1(C)c2ccccc2C2(c3ccc(-c4cccc(-c5ccccc5)c4)cc3-c3c(-c4cc(-c5ccccc5)cc(-c5ccccc5)n4)cccc32)C2C=CC=CC21. The van der Waals surface area contributed by atoms with E-state index in [0.717, 1.165) is 28.1 Å². The zero-order valence-corrected chi connectivity index (χ0v) is 32.8. The number of allylic oxidation sites excluding steroid dienone is 4. The molecule has 0 amide bonds. The highest BCUT2D eigenvalue weighted by Gasteiger charge is 2.59. The van der Waals surface area contributed by atoms with Crippen molar-refractivity contribution in [3.05, 3.63) is 235 Å². The smallest absolute Gasteiger partial charge is 0.0722 e. The fraction of sp³-hybridized carbons (Fsp3) is 0.105. The Bertz CT molecular complexity index is 2860. The van der Waals surface area contributed by atoms with Crippen molar-refractivity contribution in [3.63, 3.8) is 0 Å². The number of pyridine rings is 1. The molecule has 1 heteroatoms. The number of aromatic nitrogens is 1. The maximum absolute atomic E-state index is 5.53. The van der Waals surface area contributed by atoms with Crippen molar-refractivity contribution in [2.24, 2.45) is 11.8 Å². The molecule has 3 aliphatic carbocycles. The van der Waals surface area contributed by atoms with E-state index in [1.807, 2.05) is 0 Å². The third-order valence-electron chi connectivity index (χ3n) is 13.3. The number of fused-ring (bicyclic) bond motifs is 9. The molecule has 0 saturated carbocycles. The van der Waals surface area contributed by atoms with E-state index in [4.69, 9.17) is 4.98 Å². The Balaban J connectivity index is 1.21. The first-order chi connectivity index (χ1) is 28.5. The average molecular weight is 742 g/mol. The number of rotatable bonds is 5. The molecule has 0 aliphatic heterocycles. The fourth-order valence-corrected chi connectivity index (χ4v) is 10.6. The summed E-state index contributed by atoms with van der Waals surface area (Å²) in [7, 11) is 0. The minimum absolute atomic E-state index is 0.0533. The van der Waals surface area contributed by atoms with Gasteiger partial charge in [0.2, 0.25) is 0 Å². The molecule has 11 rings (SSSR count). The van der Waals surface area contributed by atoms with Crippen LogP contribution in [0.5, 0.6) is 0 Å². The third kappa shape index (κ3) is 5.20. The zero-order chi connectivity index (χ0) is 38.8. The average Bonchev–Trinajstić information content (AvgIpc) is 3.59. The van der Waals surface area contributed by atoms with Crippen molar-refractivity contribution < 1.29 is 0 Å². The normalized spacial score (nSPS) is 19.3. The van der Waals surface area contributed by atoms with Gasteiger partial charge in [-0.05, 0) is 102 Å². The van der Waals surface area contributed by atoms with Gasteiger partial charge in [0.1, 0.15) is 0 Å². The molecule has 3 atom stereocenters. The highest BCUT2D eigenvalue weighted by atomic mass is 14.7. The number of nitrogens with zero attached hydrogens (tertiary/aromatic N) is 1. The molecule has 1 spiro atoms. The van der Waals surface area contributed by atoms with Gasteiger partial charge < -0.3 is 0 Å². The van der Waals surface area contributed by atoms with Crippen molar-refractivity contribution >= 4 is 0 Å². The van der Waals surface area contributed by atoms with Gasteiger partial charge in [0.15, 0.2) is 0 Å². The molecule has 276 valence electrons. The van der Waals surface area contributed by atoms with E-state index < -0.39 is 5.41 Å². The van der Waals surface area contributed by atoms with Crippen LogP contribution in [0.15, 0.2) is 212 Å². The molecule has 8 aromatic rings. The van der Waals surface area contributed by atoms with E-state index in [1.165, 1.54) is 61.2 Å². The summed E-state index contributed by atoms with van der Waals surface area (Å²) in [6.45, 7) is 4.89. The monoisotopic (exact) mass is 741 g/mol. The Hall–Kier alpha value is -6.83. The van der Waals surface area contributed by atoms with Gasteiger partial charge in [0.05, 0.1) is 16.8 Å². The summed E-state index contributed by atoms with van der Waals surface area (Å²) in [5.41, 5.74) is 19.1. The lowest BCUT2D eigenvalue weighted by Crippen LogP contribution is -2.51. The van der Waals surface area contributed by atoms with E-state index in [0.29, 0.717) is 5.92 Å². The van der Waals surface area contributed by atoms with Crippen LogP contribution >= 0.6 is 0 Å². The van der Waals surface area contributed by atoms with Crippen molar-refractivity contribution in [1.82, 2.24) is 4.98 Å². The predicted molar refractivity (Wildman–Crippen MR) is 241 cm³/mol. The second-order valence-corrected chi connectivity index (χ2v) is 16.7. The molecule has 0 radical (unpaired) electrons. The van der Waals surface area contributed by atoms with Crippen LogP contribution in [0.25, 0.3) is 67.0 Å². The summed E-state index contributed by atoms with van der Waals surface area (Å²) in [6, 6.07) is 69.2. The van der Waals surface area contributed by atoms with Gasteiger partial charge in [-0.25, -0.2) is 4.98 Å². The van der Waals surface area contributed by atoms with Gasteiger partial charge in [0, 0.05) is 17.0 Å². The molecule has 1 nitrogen and oxygen atoms in total. The highest BCUT2D eigenvalue weighted by molar-refractivity contribution is 5.96. The van der Waals surface area contributed by atoms with E-state index in [1.54, 1.807) is 0 Å². The first-order valence-corrected chi connectivity index (χ1v) is 20.5. The van der Waals surface area contributed by atoms with Gasteiger partial charge in [-0.2, -0.15) is 0 Å². The Labute approximate surface area is 341 Å². The first kappa shape index (κ1) is 34.4. The lowest BCUT2D eigenvalue weighted by molar-refractivity contribution is 0.219. The summed E-state index contributed by atoms with van der Waals surface area (Å²) in [5, 5.41) is 0. The molecule has 0 N–H and O–H groups in total. The van der Waals surface area contributed by atoms with Crippen molar-refractivity contribution in [1.29, 1.82) is 0 Å². The molecule has 0 saturated heterocycles. The Morgan fingerprint density at radius 3 is 1.62 bits per heavy atom. The van der Waals surface area contributed by atoms with E-state index in [2.05, 4.69) is 226 Å². The summed E-state index contributed by atoms with van der Waals surface area (Å²) in [5.74, 6) is 0.523. The second kappa shape index (κ2) is 13.4. The van der Waals surface area contributed by atoms with Crippen LogP contribution in [-0.4, -0.2) is 4.98 Å². The van der Waals surface area contributed by atoms with Crippen molar-refractivity contribution in [3.8, 4) is 67.0 Å². The minimum atomic E-state index is -0.400. The molecule has 1 aromatic heterocycles. The maximum atomic E-state index is 5.53. The Morgan fingerprint density at radius 2 is 0.897 bits per heavy atom. The summed E-state index contributed by atoms with van der Waals surface area (Å²) in [6.07, 6.45) is 9.54. The largest absolute Gasteiger partial charge is 0.248 e. The van der Waals surface area contributed by atoms with Crippen LogP contribution in [0.3, 0.4) is 0 Å². The predicted octanol–water partition coefficient (Wildman–Crippen LogP) is 14.4. The van der Waals surface area contributed by atoms with Gasteiger partial charge in [0.25, 0.3) is 0 Å². The summed E-state index contributed by atoms with van der Waals surface area (Å²) >= 11 is 0. The molecule has 3 aliphatic rings. The Kier molecular flexibility index (Phi) is 7.95. The summed E-state index contributed by atoms with van der Waals surface area (Å²) < 4.78 is 0. The molecule has 3 unspecified atom stereocenters. The first-order valence-electron chi connectivity index (χ1n) is 20.5. The standard InChI is InChI=1S/C57H43N/c1-56(2)48-27-12-14-29-50(48)57(51-30-15-13-28-49(51)56)47-33-32-43(42-25-16-24-41(34-42)38-18-6-3-7-19-38)35-46(47)55-45(26-17-31-52(55)57)54-37-44(39-20-8-4-9-21-39)36-53(58-54)40-22-10-5-11-23-40/h3-37,48,50H,1-2H3. The third-order valence-corrected chi connectivity index (χ3v) is 13.3. The van der Waals surface area contributed by atoms with E-state index >= 15 is 0 Å². The molecule has 0 fully saturated rings. The second-order valence-electron chi connectivity index (χ2n) is 16.7. The maximum Gasteiger partial charge on any atom is 0.0722 e. The molecule has 7 aromatic carbocycles. The summed E-state index contributed by atoms with van der Waals surface area (Å²) in [4.78, 5) is 5.53. The van der Waals surface area contributed by atoms with E-state index in [9.17, 15) is 0 Å². The molecular formula is C57H43N. The molecule has 1 heterocycles. The van der Waals surface area contributed by atoms with Gasteiger partial charge in [-0.15, -0.1) is 0 Å². The quantitative estimate of drug-likeness (QED) is 0.171. The Morgan fingerprint density at radius 1 is 0.362 bits per heavy atom. The zero-order valence-electron chi connectivity index (χ0n) is 32.8. The highest BCUT2D eigenvalue weighted by Crippen LogP contribution is 2.66. The van der Waals surface area contributed by atoms with Crippen molar-refractivity contribution in [2.45, 2.75) is 24.7 Å². The fourth-order valence-electron chi connectivity index (χ4n) is 10.6. The van der Waals surface area contributed by atoms with Crippen molar-refractivity contribution in [2.75, 3.05) is 0 Å². The van der Waals surface area contributed by atoms with Gasteiger partial charge in [-0.1, -0.05) is 202 Å². The molecule has 0 bridgehead atoms. The number of hydrogen-bond acceptors (Lipinski definition) is 1. The lowest BCUT2D eigenvalue weighted by Gasteiger charge is -2.54. The topological polar surface area (TPSA) is 12.9 Å². The number of benzene rings is 7. The van der Waals surface area contributed by atoms with Gasteiger partial charge >= 0.3 is 0 Å². The van der Waals surface area contributed by atoms with Crippen LogP contribution in [0.2, 0.25) is 0 Å². The van der Waals surface area contributed by atoms with Gasteiger partial charge in [-0.3, -0.25) is 0 Å². The van der Waals surface area contributed by atoms with Crippen LogP contribution < -0.4 is 0 Å². The number of hydrogen-bond donors (Lipinski definition) is 0. The van der Waals surface area contributed by atoms with Crippen LogP contribution in [-0.2, 0) is 10.8 Å². The van der Waals surface area contributed by atoms with Crippen LogP contribution in [0.4, 0.5) is 0 Å². The van der Waals surface area contributed by atoms with Crippen LogP contribution in [0, 0.1) is 11.8 Å². The molecule has 58 heavy (non-hydrogen) atoms.